The van der Waals surface area contributed by atoms with Crippen LogP contribution in [0.1, 0.15) is 10.4 Å². The standard InChI is InChI=1S/C18H13ClN2OS/c19-13-8-10-14(11-9-13)21-17(22)16-7-4-12-20-18(16)23-15-5-2-1-3-6-15/h1-12H,(H,21,22). The second-order valence-corrected chi connectivity index (χ2v) is 6.23. The molecule has 0 radical (unpaired) electrons. The van der Waals surface area contributed by atoms with Crippen molar-refractivity contribution in [2.45, 2.75) is 9.92 Å². The monoisotopic (exact) mass is 340 g/mol. The molecule has 3 rings (SSSR count). The van der Waals surface area contributed by atoms with Crippen LogP contribution in [0.15, 0.2) is 82.8 Å². The topological polar surface area (TPSA) is 42.0 Å². The van der Waals surface area contributed by atoms with Gasteiger partial charge in [-0.15, -0.1) is 0 Å². The molecule has 3 nitrogen and oxygen atoms in total. The molecule has 0 aliphatic rings. The molecule has 23 heavy (non-hydrogen) atoms. The number of carbonyl (C=O) groups excluding carboxylic acids is 1. The van der Waals surface area contributed by atoms with Crippen molar-refractivity contribution in [3.05, 3.63) is 83.5 Å². The van der Waals surface area contributed by atoms with E-state index in [-0.39, 0.29) is 5.91 Å². The number of nitrogens with zero attached hydrogens (tertiary/aromatic N) is 1. The van der Waals surface area contributed by atoms with Crippen molar-refractivity contribution in [2.24, 2.45) is 0 Å². The number of halogens is 1. The number of hydrogen-bond donors (Lipinski definition) is 1. The summed E-state index contributed by atoms with van der Waals surface area (Å²) in [5, 5.41) is 4.16. The van der Waals surface area contributed by atoms with E-state index < -0.39 is 0 Å². The number of benzene rings is 2. The molecule has 0 aliphatic heterocycles. The van der Waals surface area contributed by atoms with Crippen molar-refractivity contribution in [2.75, 3.05) is 5.32 Å². The van der Waals surface area contributed by atoms with Gasteiger partial charge >= 0.3 is 0 Å². The number of anilines is 1. The zero-order valence-electron chi connectivity index (χ0n) is 12.1. The Labute approximate surface area is 143 Å². The lowest BCUT2D eigenvalue weighted by atomic mass is 10.2. The Bertz CT molecular complexity index is 807. The van der Waals surface area contributed by atoms with Crippen molar-refractivity contribution in [1.29, 1.82) is 0 Å². The highest BCUT2D eigenvalue weighted by Gasteiger charge is 2.13. The van der Waals surface area contributed by atoms with Crippen LogP contribution in [0.2, 0.25) is 5.02 Å². The highest BCUT2D eigenvalue weighted by Crippen LogP contribution is 2.28. The minimum atomic E-state index is -0.196. The first-order chi connectivity index (χ1) is 11.2. The van der Waals surface area contributed by atoms with Crippen LogP contribution in [0.25, 0.3) is 0 Å². The van der Waals surface area contributed by atoms with Crippen molar-refractivity contribution in [3.8, 4) is 0 Å². The fourth-order valence-electron chi connectivity index (χ4n) is 1.98. The maximum atomic E-state index is 12.5. The van der Waals surface area contributed by atoms with Crippen molar-refractivity contribution >= 4 is 35.0 Å². The maximum Gasteiger partial charge on any atom is 0.258 e. The maximum absolute atomic E-state index is 12.5. The van der Waals surface area contributed by atoms with Crippen LogP contribution < -0.4 is 5.32 Å². The number of amides is 1. The van der Waals surface area contributed by atoms with E-state index in [1.807, 2.05) is 30.3 Å². The zero-order valence-corrected chi connectivity index (χ0v) is 13.6. The van der Waals surface area contributed by atoms with Crippen LogP contribution in [0.5, 0.6) is 0 Å². The summed E-state index contributed by atoms with van der Waals surface area (Å²) < 4.78 is 0. The lowest BCUT2D eigenvalue weighted by molar-refractivity contribution is 0.102. The molecule has 0 saturated heterocycles. The first-order valence-corrected chi connectivity index (χ1v) is 8.17. The highest BCUT2D eigenvalue weighted by molar-refractivity contribution is 7.99. The average Bonchev–Trinajstić information content (AvgIpc) is 2.58. The summed E-state index contributed by atoms with van der Waals surface area (Å²) in [6.45, 7) is 0. The summed E-state index contributed by atoms with van der Waals surface area (Å²) in [6.07, 6.45) is 1.68. The molecule has 3 aromatic rings. The molecule has 0 bridgehead atoms. The van der Waals surface area contributed by atoms with E-state index in [0.29, 0.717) is 21.3 Å². The van der Waals surface area contributed by atoms with Gasteiger partial charge in [0.15, 0.2) is 0 Å². The Morgan fingerprint density at radius 2 is 1.70 bits per heavy atom. The summed E-state index contributed by atoms with van der Waals surface area (Å²) in [5.74, 6) is -0.196. The molecule has 0 fully saturated rings. The molecule has 114 valence electrons. The van der Waals surface area contributed by atoms with Crippen LogP contribution in [-0.2, 0) is 0 Å². The second kappa shape index (κ2) is 7.31. The molecule has 0 spiro atoms. The average molecular weight is 341 g/mol. The molecule has 1 heterocycles. The van der Waals surface area contributed by atoms with Gasteiger partial charge in [0.05, 0.1) is 5.56 Å². The number of carbonyl (C=O) groups is 1. The smallest absolute Gasteiger partial charge is 0.258 e. The number of nitrogens with one attached hydrogen (secondary N) is 1. The highest BCUT2D eigenvalue weighted by atomic mass is 35.5. The van der Waals surface area contributed by atoms with Crippen LogP contribution in [-0.4, -0.2) is 10.9 Å². The van der Waals surface area contributed by atoms with Crippen molar-refractivity contribution in [3.63, 3.8) is 0 Å². The Hall–Kier alpha value is -2.30. The van der Waals surface area contributed by atoms with Crippen LogP contribution >= 0.6 is 23.4 Å². The summed E-state index contributed by atoms with van der Waals surface area (Å²) >= 11 is 7.32. The van der Waals surface area contributed by atoms with E-state index in [2.05, 4.69) is 10.3 Å². The summed E-state index contributed by atoms with van der Waals surface area (Å²) in [7, 11) is 0. The van der Waals surface area contributed by atoms with E-state index >= 15 is 0 Å². The van der Waals surface area contributed by atoms with Crippen LogP contribution in [0, 0.1) is 0 Å². The van der Waals surface area contributed by atoms with Gasteiger partial charge in [-0.05, 0) is 48.5 Å². The van der Waals surface area contributed by atoms with Gasteiger partial charge in [-0.1, -0.05) is 41.6 Å². The number of aromatic nitrogens is 1. The van der Waals surface area contributed by atoms with E-state index in [9.17, 15) is 4.79 Å². The third-order valence-corrected chi connectivity index (χ3v) is 4.35. The predicted octanol–water partition coefficient (Wildman–Crippen LogP) is 5.14. The van der Waals surface area contributed by atoms with Gasteiger partial charge in [0.25, 0.3) is 5.91 Å². The number of rotatable bonds is 4. The van der Waals surface area contributed by atoms with E-state index in [1.165, 1.54) is 11.8 Å². The van der Waals surface area contributed by atoms with Gasteiger partial charge in [-0.25, -0.2) is 4.98 Å². The quantitative estimate of drug-likeness (QED) is 0.715. The second-order valence-electron chi connectivity index (χ2n) is 4.73. The number of pyridine rings is 1. The normalized spacial score (nSPS) is 10.3. The van der Waals surface area contributed by atoms with Gasteiger partial charge in [0.1, 0.15) is 5.03 Å². The predicted molar refractivity (Wildman–Crippen MR) is 94.2 cm³/mol. The lowest BCUT2D eigenvalue weighted by Gasteiger charge is -2.09. The molecular formula is C18H13ClN2OS. The number of hydrogen-bond acceptors (Lipinski definition) is 3. The lowest BCUT2D eigenvalue weighted by Crippen LogP contribution is -2.13. The molecule has 0 aliphatic carbocycles. The fraction of sp³-hybridized carbons (Fsp3) is 0. The van der Waals surface area contributed by atoms with Gasteiger partial charge in [-0.3, -0.25) is 4.79 Å². The minimum absolute atomic E-state index is 0.196. The van der Waals surface area contributed by atoms with Gasteiger partial charge in [0.2, 0.25) is 0 Å². The summed E-state index contributed by atoms with van der Waals surface area (Å²) in [5.41, 5.74) is 1.23. The molecular weight excluding hydrogens is 328 g/mol. The Morgan fingerprint density at radius 3 is 2.43 bits per heavy atom. The first kappa shape index (κ1) is 15.6. The molecule has 1 aromatic heterocycles. The van der Waals surface area contributed by atoms with Crippen LogP contribution in [0.3, 0.4) is 0 Å². The SMILES string of the molecule is O=C(Nc1ccc(Cl)cc1)c1cccnc1Sc1ccccc1. The van der Waals surface area contributed by atoms with Crippen LogP contribution in [0.4, 0.5) is 5.69 Å². The Morgan fingerprint density at radius 1 is 0.957 bits per heavy atom. The zero-order chi connectivity index (χ0) is 16.1. The van der Waals surface area contributed by atoms with E-state index in [1.54, 1.807) is 42.6 Å². The first-order valence-electron chi connectivity index (χ1n) is 6.97. The fourth-order valence-corrected chi connectivity index (χ4v) is 3.00. The third-order valence-electron chi connectivity index (χ3n) is 3.08. The Kier molecular flexibility index (Phi) is 4.95. The Balaban J connectivity index is 1.82. The molecule has 0 saturated carbocycles. The molecule has 0 atom stereocenters. The van der Waals surface area contributed by atoms with E-state index in [0.717, 1.165) is 4.90 Å². The van der Waals surface area contributed by atoms with Gasteiger partial charge in [0, 0.05) is 21.8 Å². The molecule has 2 aromatic carbocycles. The van der Waals surface area contributed by atoms with Crippen molar-refractivity contribution in [1.82, 2.24) is 4.98 Å². The molecule has 5 heteroatoms. The summed E-state index contributed by atoms with van der Waals surface area (Å²) in [4.78, 5) is 17.9. The minimum Gasteiger partial charge on any atom is -0.322 e. The van der Waals surface area contributed by atoms with Gasteiger partial charge in [-0.2, -0.15) is 0 Å². The summed E-state index contributed by atoms with van der Waals surface area (Å²) in [6, 6.07) is 20.4. The van der Waals surface area contributed by atoms with Crippen molar-refractivity contribution < 1.29 is 4.79 Å². The van der Waals surface area contributed by atoms with E-state index in [4.69, 9.17) is 11.6 Å². The molecule has 0 unspecified atom stereocenters. The molecule has 1 N–H and O–H groups in total. The largest absolute Gasteiger partial charge is 0.322 e. The van der Waals surface area contributed by atoms with Gasteiger partial charge < -0.3 is 5.32 Å². The third kappa shape index (κ3) is 4.12. The molecule has 1 amide bonds.